The van der Waals surface area contributed by atoms with Crippen LogP contribution < -0.4 is 0 Å². The van der Waals surface area contributed by atoms with Crippen molar-refractivity contribution >= 4 is 11.9 Å². The van der Waals surface area contributed by atoms with Gasteiger partial charge in [0.25, 0.3) is 0 Å². The van der Waals surface area contributed by atoms with Gasteiger partial charge >= 0.3 is 11.9 Å². The number of carboxylic acid groups (broad SMARTS) is 1. The molecule has 0 aromatic rings. The molecule has 0 unspecified atom stereocenters. The van der Waals surface area contributed by atoms with E-state index >= 15 is 0 Å². The molecule has 1 N–H and O–H groups in total. The van der Waals surface area contributed by atoms with Gasteiger partial charge in [-0.05, 0) is 91.8 Å². The number of allylic oxidation sites excluding steroid dienone is 2. The van der Waals surface area contributed by atoms with Crippen molar-refractivity contribution in [3.63, 3.8) is 0 Å². The Labute approximate surface area is 200 Å². The molecular weight excluding hydrogens is 412 g/mol. The maximum atomic E-state index is 11.8. The second-order valence-corrected chi connectivity index (χ2v) is 13.2. The van der Waals surface area contributed by atoms with Gasteiger partial charge < -0.3 is 9.84 Å². The first-order valence-corrected chi connectivity index (χ1v) is 13.4. The van der Waals surface area contributed by atoms with E-state index in [0.29, 0.717) is 17.8 Å². The Morgan fingerprint density at radius 3 is 2.33 bits per heavy atom. The van der Waals surface area contributed by atoms with Crippen molar-refractivity contribution in [2.24, 2.45) is 39.4 Å². The van der Waals surface area contributed by atoms with Crippen molar-refractivity contribution in [2.45, 2.75) is 119 Å². The Hall–Kier alpha value is -1.32. The molecule has 0 radical (unpaired) electrons. The molecule has 2 fully saturated rings. The first-order chi connectivity index (χ1) is 15.3. The van der Waals surface area contributed by atoms with E-state index in [0.717, 1.165) is 19.3 Å². The van der Waals surface area contributed by atoms with Crippen molar-refractivity contribution in [2.75, 3.05) is 0 Å². The number of carbonyl (C=O) groups excluding carboxylic acids is 1. The average Bonchev–Trinajstić information content (AvgIpc) is 3.00. The molecule has 4 rings (SSSR count). The summed E-state index contributed by atoms with van der Waals surface area (Å²) in [6, 6.07) is 0. The highest BCUT2D eigenvalue weighted by atomic mass is 16.5. The van der Waals surface area contributed by atoms with Gasteiger partial charge in [-0.15, -0.1) is 0 Å². The summed E-state index contributed by atoms with van der Waals surface area (Å²) >= 11 is 0. The van der Waals surface area contributed by atoms with Crippen LogP contribution in [0.3, 0.4) is 0 Å². The average molecular weight is 459 g/mol. The predicted molar refractivity (Wildman–Crippen MR) is 131 cm³/mol. The highest BCUT2D eigenvalue weighted by Gasteiger charge is 2.63. The first-order valence-electron chi connectivity index (χ1n) is 13.4. The molecule has 4 heteroatoms. The van der Waals surface area contributed by atoms with Crippen molar-refractivity contribution in [3.05, 3.63) is 11.1 Å². The maximum Gasteiger partial charge on any atom is 0.303 e. The minimum absolute atomic E-state index is 0.0115. The summed E-state index contributed by atoms with van der Waals surface area (Å²) in [6.07, 6.45) is 10.4. The number of esters is 1. The van der Waals surface area contributed by atoms with Gasteiger partial charge in [0.2, 0.25) is 0 Å². The zero-order valence-electron chi connectivity index (χ0n) is 22.1. The number of hydrogen-bond donors (Lipinski definition) is 1. The van der Waals surface area contributed by atoms with Crippen molar-refractivity contribution in [1.29, 1.82) is 0 Å². The van der Waals surface area contributed by atoms with Gasteiger partial charge in [-0.1, -0.05) is 52.7 Å². The van der Waals surface area contributed by atoms with Gasteiger partial charge in [-0.25, -0.2) is 0 Å². The van der Waals surface area contributed by atoms with E-state index in [1.165, 1.54) is 38.5 Å². The maximum absolute atomic E-state index is 11.8. The molecule has 0 aliphatic heterocycles. The van der Waals surface area contributed by atoms with Gasteiger partial charge in [-0.2, -0.15) is 0 Å². The normalized spacial score (nSPS) is 42.7. The van der Waals surface area contributed by atoms with Crippen LogP contribution in [0.15, 0.2) is 11.1 Å². The second kappa shape index (κ2) is 8.12. The van der Waals surface area contributed by atoms with E-state index in [9.17, 15) is 14.7 Å². The third-order valence-electron chi connectivity index (χ3n) is 11.6. The lowest BCUT2D eigenvalue weighted by Gasteiger charge is -2.62. The molecule has 0 heterocycles. The molecule has 7 atom stereocenters. The highest BCUT2D eigenvalue weighted by molar-refractivity contribution is 5.66. The Bertz CT molecular complexity index is 856. The third-order valence-corrected chi connectivity index (χ3v) is 11.6. The van der Waals surface area contributed by atoms with Crippen LogP contribution in [0.5, 0.6) is 0 Å². The van der Waals surface area contributed by atoms with Crippen LogP contribution >= 0.6 is 0 Å². The summed E-state index contributed by atoms with van der Waals surface area (Å²) in [5, 5.41) is 9.22. The van der Waals surface area contributed by atoms with Crippen LogP contribution in [-0.2, 0) is 14.3 Å². The zero-order chi connectivity index (χ0) is 24.4. The topological polar surface area (TPSA) is 63.6 Å². The third kappa shape index (κ3) is 3.60. The number of ether oxygens (including phenoxy) is 1. The number of aliphatic carboxylic acids is 1. The minimum atomic E-state index is -0.667. The van der Waals surface area contributed by atoms with E-state index in [2.05, 4.69) is 41.5 Å². The Morgan fingerprint density at radius 1 is 1.00 bits per heavy atom. The van der Waals surface area contributed by atoms with E-state index in [1.807, 2.05) is 0 Å². The predicted octanol–water partition coefficient (Wildman–Crippen LogP) is 7.17. The monoisotopic (exact) mass is 458 g/mol. The molecule has 2 saturated carbocycles. The lowest BCUT2D eigenvalue weighted by Crippen LogP contribution is -2.55. The molecule has 0 aromatic carbocycles. The van der Waals surface area contributed by atoms with Crippen LogP contribution in [-0.4, -0.2) is 23.1 Å². The molecule has 33 heavy (non-hydrogen) atoms. The fourth-order valence-electron chi connectivity index (χ4n) is 9.58. The second-order valence-electron chi connectivity index (χ2n) is 13.2. The van der Waals surface area contributed by atoms with E-state index in [-0.39, 0.29) is 40.2 Å². The quantitative estimate of drug-likeness (QED) is 0.350. The summed E-state index contributed by atoms with van der Waals surface area (Å²) in [7, 11) is 0. The number of rotatable bonds is 5. The molecule has 0 amide bonds. The number of carbonyl (C=O) groups is 2. The highest BCUT2D eigenvalue weighted by Crippen LogP contribution is 2.72. The standard InChI is InChI=1S/C29H46O4/c1-18(8-11-25(31)32)20-12-16-29(7)22-9-10-23-26(3,4)24(33-19(2)30)14-15-27(23,5)21(22)13-17-28(20,29)6/h18,20,23-24H,8-17H2,1-7H3,(H,31,32)/t18-,20+,23-,24-,27-,28-,29+/m1/s1. The van der Waals surface area contributed by atoms with Gasteiger partial charge in [0.15, 0.2) is 0 Å². The molecule has 186 valence electrons. The smallest absolute Gasteiger partial charge is 0.303 e. The fraction of sp³-hybridized carbons (Fsp3) is 0.862. The summed E-state index contributed by atoms with van der Waals surface area (Å²) in [5.41, 5.74) is 4.18. The van der Waals surface area contributed by atoms with E-state index in [1.54, 1.807) is 18.1 Å². The van der Waals surface area contributed by atoms with Crippen LogP contribution in [0, 0.1) is 39.4 Å². The Kier molecular flexibility index (Phi) is 6.10. The lowest BCUT2D eigenvalue weighted by molar-refractivity contribution is -0.167. The van der Waals surface area contributed by atoms with E-state index < -0.39 is 5.97 Å². The molecular formula is C29H46O4. The number of hydrogen-bond acceptors (Lipinski definition) is 3. The molecule has 4 aliphatic carbocycles. The zero-order valence-corrected chi connectivity index (χ0v) is 22.1. The SMILES string of the molecule is CC(=O)O[C@@H]1CC[C@]2(C)C3=C(CC[C@@H]2C1(C)C)[C@]1(C)CC[C@@H]([C@H](C)CCC(=O)O)[C@@]1(C)CC3. The van der Waals surface area contributed by atoms with Gasteiger partial charge in [0, 0.05) is 18.8 Å². The molecule has 4 aliphatic rings. The molecule has 0 bridgehead atoms. The van der Waals surface area contributed by atoms with E-state index in [4.69, 9.17) is 4.74 Å². The molecule has 4 nitrogen and oxygen atoms in total. The molecule has 0 spiro atoms. The van der Waals surface area contributed by atoms with Gasteiger partial charge in [0.05, 0.1) is 0 Å². The Morgan fingerprint density at radius 2 is 1.70 bits per heavy atom. The van der Waals surface area contributed by atoms with Crippen LogP contribution in [0.1, 0.15) is 113 Å². The molecule has 0 aromatic heterocycles. The summed E-state index contributed by atoms with van der Waals surface area (Å²) in [4.78, 5) is 23.0. The lowest BCUT2D eigenvalue weighted by atomic mass is 9.43. The minimum Gasteiger partial charge on any atom is -0.481 e. The van der Waals surface area contributed by atoms with Crippen molar-refractivity contribution in [1.82, 2.24) is 0 Å². The Balaban J connectivity index is 1.65. The summed E-state index contributed by atoms with van der Waals surface area (Å²) in [5.74, 6) is 0.793. The van der Waals surface area contributed by atoms with Crippen LogP contribution in [0.2, 0.25) is 0 Å². The van der Waals surface area contributed by atoms with Crippen LogP contribution in [0.4, 0.5) is 0 Å². The van der Waals surface area contributed by atoms with Crippen molar-refractivity contribution < 1.29 is 19.4 Å². The van der Waals surface area contributed by atoms with Crippen LogP contribution in [0.25, 0.3) is 0 Å². The molecule has 0 saturated heterocycles. The summed E-state index contributed by atoms with van der Waals surface area (Å²) < 4.78 is 5.83. The summed E-state index contributed by atoms with van der Waals surface area (Å²) in [6.45, 7) is 16.1. The van der Waals surface area contributed by atoms with Crippen molar-refractivity contribution in [3.8, 4) is 0 Å². The largest absolute Gasteiger partial charge is 0.481 e. The first kappa shape index (κ1) is 24.8. The van der Waals surface area contributed by atoms with Gasteiger partial charge in [0.1, 0.15) is 6.10 Å². The number of carboxylic acids is 1. The number of fused-ring (bicyclic) bond motifs is 4. The van der Waals surface area contributed by atoms with Gasteiger partial charge in [-0.3, -0.25) is 9.59 Å². The fourth-order valence-corrected chi connectivity index (χ4v) is 9.58.